The van der Waals surface area contributed by atoms with E-state index in [-0.39, 0.29) is 5.56 Å². The van der Waals surface area contributed by atoms with E-state index in [0.717, 1.165) is 25.9 Å². The minimum Gasteiger partial charge on any atom is -0.365 e. The van der Waals surface area contributed by atoms with Crippen LogP contribution in [-0.4, -0.2) is 16.1 Å². The molecule has 1 heterocycles. The van der Waals surface area contributed by atoms with Crippen LogP contribution in [0.5, 0.6) is 0 Å². The lowest BCUT2D eigenvalue weighted by molar-refractivity contribution is 0.649. The SMILES string of the molecule is C/C=C/CCNc1nccn(CCC)c1=O. The minimum absolute atomic E-state index is 0.0372. The van der Waals surface area contributed by atoms with E-state index in [2.05, 4.69) is 16.4 Å². The minimum atomic E-state index is -0.0372. The number of allylic oxidation sites excluding steroid dienone is 1. The number of aryl methyl sites for hydroxylation is 1. The monoisotopic (exact) mass is 221 g/mol. The number of rotatable bonds is 6. The van der Waals surface area contributed by atoms with Crippen molar-refractivity contribution in [2.45, 2.75) is 33.2 Å². The second-order valence-electron chi connectivity index (χ2n) is 3.56. The van der Waals surface area contributed by atoms with E-state index in [1.165, 1.54) is 0 Å². The van der Waals surface area contributed by atoms with Crippen molar-refractivity contribution in [2.24, 2.45) is 0 Å². The highest BCUT2D eigenvalue weighted by Gasteiger charge is 2.02. The normalized spacial score (nSPS) is 10.9. The highest BCUT2D eigenvalue weighted by atomic mass is 16.1. The maximum Gasteiger partial charge on any atom is 0.293 e. The molecule has 0 amide bonds. The van der Waals surface area contributed by atoms with Crippen molar-refractivity contribution in [1.82, 2.24) is 9.55 Å². The van der Waals surface area contributed by atoms with Gasteiger partial charge in [0.25, 0.3) is 5.56 Å². The molecule has 0 bridgehead atoms. The fraction of sp³-hybridized carbons (Fsp3) is 0.500. The fourth-order valence-electron chi connectivity index (χ4n) is 1.43. The zero-order chi connectivity index (χ0) is 11.8. The van der Waals surface area contributed by atoms with Crippen molar-refractivity contribution in [3.8, 4) is 0 Å². The highest BCUT2D eigenvalue weighted by Crippen LogP contribution is 1.95. The van der Waals surface area contributed by atoms with Gasteiger partial charge in [0.05, 0.1) is 0 Å². The summed E-state index contributed by atoms with van der Waals surface area (Å²) >= 11 is 0. The first-order valence-corrected chi connectivity index (χ1v) is 5.70. The number of hydrogen-bond acceptors (Lipinski definition) is 3. The molecule has 4 nitrogen and oxygen atoms in total. The summed E-state index contributed by atoms with van der Waals surface area (Å²) < 4.78 is 1.69. The van der Waals surface area contributed by atoms with Crippen LogP contribution in [0.4, 0.5) is 5.82 Å². The predicted molar refractivity (Wildman–Crippen MR) is 66.7 cm³/mol. The molecule has 0 aliphatic heterocycles. The van der Waals surface area contributed by atoms with E-state index in [9.17, 15) is 4.79 Å². The summed E-state index contributed by atoms with van der Waals surface area (Å²) in [6.07, 6.45) is 9.29. The molecule has 1 N–H and O–H groups in total. The lowest BCUT2D eigenvalue weighted by Crippen LogP contribution is -2.24. The van der Waals surface area contributed by atoms with Crippen LogP contribution >= 0.6 is 0 Å². The van der Waals surface area contributed by atoms with Gasteiger partial charge in [-0.2, -0.15) is 0 Å². The summed E-state index contributed by atoms with van der Waals surface area (Å²) in [5.74, 6) is 0.445. The molecule has 0 atom stereocenters. The smallest absolute Gasteiger partial charge is 0.293 e. The van der Waals surface area contributed by atoms with Gasteiger partial charge in [0.15, 0.2) is 5.82 Å². The highest BCUT2D eigenvalue weighted by molar-refractivity contribution is 5.30. The molecule has 88 valence electrons. The van der Waals surface area contributed by atoms with Gasteiger partial charge in [-0.1, -0.05) is 19.1 Å². The first-order valence-electron chi connectivity index (χ1n) is 5.70. The van der Waals surface area contributed by atoms with Crippen molar-refractivity contribution >= 4 is 5.82 Å². The lowest BCUT2D eigenvalue weighted by atomic mass is 10.4. The van der Waals surface area contributed by atoms with E-state index in [1.807, 2.05) is 19.9 Å². The number of nitrogens with one attached hydrogen (secondary N) is 1. The predicted octanol–water partition coefficient (Wildman–Crippen LogP) is 2.03. The lowest BCUT2D eigenvalue weighted by Gasteiger charge is -2.06. The third kappa shape index (κ3) is 3.53. The molecule has 1 aromatic rings. The zero-order valence-corrected chi connectivity index (χ0v) is 9.94. The fourth-order valence-corrected chi connectivity index (χ4v) is 1.43. The van der Waals surface area contributed by atoms with Crippen LogP contribution in [0, 0.1) is 0 Å². The molecular weight excluding hydrogens is 202 g/mol. The van der Waals surface area contributed by atoms with E-state index in [1.54, 1.807) is 17.0 Å². The van der Waals surface area contributed by atoms with E-state index < -0.39 is 0 Å². The number of aromatic nitrogens is 2. The van der Waals surface area contributed by atoms with Gasteiger partial charge in [0.2, 0.25) is 0 Å². The molecule has 0 radical (unpaired) electrons. The average molecular weight is 221 g/mol. The number of nitrogens with zero attached hydrogens (tertiary/aromatic N) is 2. The molecule has 0 unspecified atom stereocenters. The van der Waals surface area contributed by atoms with Gasteiger partial charge >= 0.3 is 0 Å². The molecule has 0 aliphatic rings. The van der Waals surface area contributed by atoms with Gasteiger partial charge in [0, 0.05) is 25.5 Å². The Bertz CT molecular complexity index is 395. The summed E-state index contributed by atoms with van der Waals surface area (Å²) in [4.78, 5) is 15.9. The molecule has 0 aliphatic carbocycles. The van der Waals surface area contributed by atoms with Gasteiger partial charge in [-0.3, -0.25) is 4.79 Å². The maximum atomic E-state index is 11.8. The topological polar surface area (TPSA) is 46.9 Å². The van der Waals surface area contributed by atoms with Crippen molar-refractivity contribution in [1.29, 1.82) is 0 Å². The molecule has 0 spiro atoms. The van der Waals surface area contributed by atoms with Crippen molar-refractivity contribution in [3.63, 3.8) is 0 Å². The zero-order valence-electron chi connectivity index (χ0n) is 9.94. The van der Waals surface area contributed by atoms with Gasteiger partial charge in [-0.15, -0.1) is 0 Å². The van der Waals surface area contributed by atoms with Crippen LogP contribution in [0.1, 0.15) is 26.7 Å². The molecule has 0 aromatic carbocycles. The Labute approximate surface area is 96.0 Å². The Balaban J connectivity index is 2.66. The summed E-state index contributed by atoms with van der Waals surface area (Å²) in [5.41, 5.74) is -0.0372. The van der Waals surface area contributed by atoms with Crippen LogP contribution in [0.2, 0.25) is 0 Å². The van der Waals surface area contributed by atoms with E-state index in [4.69, 9.17) is 0 Å². The molecule has 0 fully saturated rings. The van der Waals surface area contributed by atoms with Crippen molar-refractivity contribution < 1.29 is 0 Å². The standard InChI is InChI=1S/C12H19N3O/c1-3-5-6-7-13-11-12(16)15(9-4-2)10-8-14-11/h3,5,8,10H,4,6-7,9H2,1-2H3,(H,13,14)/b5-3+. The van der Waals surface area contributed by atoms with E-state index in [0.29, 0.717) is 5.82 Å². The molecule has 0 saturated carbocycles. The van der Waals surface area contributed by atoms with Crippen LogP contribution in [0.3, 0.4) is 0 Å². The van der Waals surface area contributed by atoms with Gasteiger partial charge in [0.1, 0.15) is 0 Å². The first kappa shape index (κ1) is 12.5. The molecular formula is C12H19N3O. The van der Waals surface area contributed by atoms with Crippen LogP contribution in [0.15, 0.2) is 29.3 Å². The number of anilines is 1. The average Bonchev–Trinajstić information content (AvgIpc) is 2.29. The Morgan fingerprint density at radius 2 is 2.38 bits per heavy atom. The van der Waals surface area contributed by atoms with Crippen molar-refractivity contribution in [2.75, 3.05) is 11.9 Å². The second-order valence-corrected chi connectivity index (χ2v) is 3.56. The second kappa shape index (κ2) is 6.82. The first-order chi connectivity index (χ1) is 7.79. The molecule has 16 heavy (non-hydrogen) atoms. The molecule has 1 aromatic heterocycles. The van der Waals surface area contributed by atoms with Gasteiger partial charge in [-0.05, 0) is 19.8 Å². The van der Waals surface area contributed by atoms with Crippen molar-refractivity contribution in [3.05, 3.63) is 34.9 Å². The summed E-state index contributed by atoms with van der Waals surface area (Å²) in [6.45, 7) is 5.51. The maximum absolute atomic E-state index is 11.8. The Morgan fingerprint density at radius 3 is 3.06 bits per heavy atom. The van der Waals surface area contributed by atoms with Gasteiger partial charge in [-0.25, -0.2) is 4.98 Å². The Morgan fingerprint density at radius 1 is 1.56 bits per heavy atom. The Kier molecular flexibility index (Phi) is 5.32. The summed E-state index contributed by atoms with van der Waals surface area (Å²) in [6, 6.07) is 0. The largest absolute Gasteiger partial charge is 0.365 e. The summed E-state index contributed by atoms with van der Waals surface area (Å²) in [7, 11) is 0. The van der Waals surface area contributed by atoms with Gasteiger partial charge < -0.3 is 9.88 Å². The quantitative estimate of drug-likeness (QED) is 0.590. The van der Waals surface area contributed by atoms with Crippen LogP contribution < -0.4 is 10.9 Å². The van der Waals surface area contributed by atoms with E-state index >= 15 is 0 Å². The van der Waals surface area contributed by atoms with Crippen LogP contribution in [0.25, 0.3) is 0 Å². The van der Waals surface area contributed by atoms with Crippen LogP contribution in [-0.2, 0) is 6.54 Å². The molecule has 0 saturated heterocycles. The third-order valence-electron chi connectivity index (χ3n) is 2.22. The Hall–Kier alpha value is -1.58. The summed E-state index contributed by atoms with van der Waals surface area (Å²) in [5, 5.41) is 3.05. The third-order valence-corrected chi connectivity index (χ3v) is 2.22. The molecule has 4 heteroatoms. The number of hydrogen-bond donors (Lipinski definition) is 1. The molecule has 1 rings (SSSR count).